The smallest absolute Gasteiger partial charge is 0.144 e. The maximum absolute atomic E-state index is 4.53. The third-order valence-electron chi connectivity index (χ3n) is 3.77. The average molecular weight is 263 g/mol. The van der Waals surface area contributed by atoms with Crippen molar-refractivity contribution < 1.29 is 0 Å². The summed E-state index contributed by atoms with van der Waals surface area (Å²) in [6, 6.07) is 2.58. The summed E-state index contributed by atoms with van der Waals surface area (Å²) in [6.07, 6.45) is 2.55. The number of nitrogens with zero attached hydrogens (tertiary/aromatic N) is 4. The van der Waals surface area contributed by atoms with E-state index in [1.165, 1.54) is 19.4 Å². The van der Waals surface area contributed by atoms with Gasteiger partial charge in [0, 0.05) is 31.4 Å². The lowest BCUT2D eigenvalue weighted by Gasteiger charge is -2.35. The Morgan fingerprint density at radius 1 is 1.47 bits per heavy atom. The molecule has 1 aliphatic rings. The van der Waals surface area contributed by atoms with Crippen LogP contribution in [0, 0.1) is 6.92 Å². The Hall–Kier alpha value is -1.20. The molecular formula is C14H25N5. The van der Waals surface area contributed by atoms with Crippen LogP contribution in [-0.2, 0) is 6.54 Å². The molecule has 0 radical (unpaired) electrons. The lowest BCUT2D eigenvalue weighted by Crippen LogP contribution is -2.44. The van der Waals surface area contributed by atoms with E-state index in [0.29, 0.717) is 6.04 Å². The molecule has 1 aliphatic heterocycles. The van der Waals surface area contributed by atoms with E-state index >= 15 is 0 Å². The van der Waals surface area contributed by atoms with Gasteiger partial charge in [-0.15, -0.1) is 0 Å². The summed E-state index contributed by atoms with van der Waals surface area (Å²) >= 11 is 0. The highest BCUT2D eigenvalue weighted by atomic mass is 15.2. The third-order valence-corrected chi connectivity index (χ3v) is 3.77. The Bertz CT molecular complexity index is 420. The lowest BCUT2D eigenvalue weighted by atomic mass is 10.1. The first-order valence-corrected chi connectivity index (χ1v) is 6.99. The number of hydrogen-bond acceptors (Lipinski definition) is 5. The van der Waals surface area contributed by atoms with Crippen molar-refractivity contribution in [3.8, 4) is 0 Å². The van der Waals surface area contributed by atoms with Gasteiger partial charge in [-0.1, -0.05) is 0 Å². The molecule has 0 spiro atoms. The summed E-state index contributed by atoms with van der Waals surface area (Å²) in [4.78, 5) is 13.8. The first kappa shape index (κ1) is 14.2. The Morgan fingerprint density at radius 3 is 2.95 bits per heavy atom. The molecule has 0 bridgehead atoms. The number of rotatable bonds is 4. The fourth-order valence-electron chi connectivity index (χ4n) is 2.68. The molecule has 0 aliphatic carbocycles. The van der Waals surface area contributed by atoms with Gasteiger partial charge in [0.15, 0.2) is 0 Å². The van der Waals surface area contributed by atoms with Crippen molar-refractivity contribution >= 4 is 5.82 Å². The van der Waals surface area contributed by atoms with E-state index in [0.717, 1.165) is 30.4 Å². The lowest BCUT2D eigenvalue weighted by molar-refractivity contribution is 0.127. The van der Waals surface area contributed by atoms with Crippen LogP contribution in [0.15, 0.2) is 6.07 Å². The average Bonchev–Trinajstić information content (AvgIpc) is 2.38. The Balaban J connectivity index is 2.01. The van der Waals surface area contributed by atoms with Gasteiger partial charge < -0.3 is 10.2 Å². The second-order valence-corrected chi connectivity index (χ2v) is 5.53. The molecule has 1 aromatic heterocycles. The highest BCUT2D eigenvalue weighted by Crippen LogP contribution is 2.15. The van der Waals surface area contributed by atoms with Crippen LogP contribution in [0.3, 0.4) is 0 Å². The number of likely N-dealkylation sites (N-methyl/N-ethyl adjacent to an activating group) is 2. The van der Waals surface area contributed by atoms with Crippen LogP contribution >= 0.6 is 0 Å². The molecule has 0 amide bonds. The molecule has 5 nitrogen and oxygen atoms in total. The predicted octanol–water partition coefficient (Wildman–Crippen LogP) is 1.35. The van der Waals surface area contributed by atoms with E-state index in [1.807, 2.05) is 20.0 Å². The third kappa shape index (κ3) is 3.88. The van der Waals surface area contributed by atoms with Gasteiger partial charge in [0.2, 0.25) is 0 Å². The first-order valence-electron chi connectivity index (χ1n) is 6.99. The van der Waals surface area contributed by atoms with Crippen LogP contribution in [0.4, 0.5) is 5.82 Å². The van der Waals surface area contributed by atoms with Gasteiger partial charge in [0.05, 0.1) is 6.54 Å². The van der Waals surface area contributed by atoms with E-state index in [9.17, 15) is 0 Å². The minimum Gasteiger partial charge on any atom is -0.373 e. The summed E-state index contributed by atoms with van der Waals surface area (Å²) in [6.45, 7) is 5.19. The molecule has 0 aromatic carbocycles. The second-order valence-electron chi connectivity index (χ2n) is 5.53. The fraction of sp³-hybridized carbons (Fsp3) is 0.714. The number of piperidine rings is 1. The van der Waals surface area contributed by atoms with Crippen molar-refractivity contribution in [2.45, 2.75) is 32.4 Å². The van der Waals surface area contributed by atoms with Gasteiger partial charge in [0.25, 0.3) is 0 Å². The number of hydrogen-bond donors (Lipinski definition) is 1. The topological polar surface area (TPSA) is 44.3 Å². The van der Waals surface area contributed by atoms with Gasteiger partial charge >= 0.3 is 0 Å². The molecule has 1 atom stereocenters. The van der Waals surface area contributed by atoms with Gasteiger partial charge in [0.1, 0.15) is 11.6 Å². The number of nitrogens with one attached hydrogen (secondary N) is 1. The molecule has 1 saturated heterocycles. The van der Waals surface area contributed by atoms with Crippen LogP contribution in [0.25, 0.3) is 0 Å². The zero-order valence-corrected chi connectivity index (χ0v) is 12.5. The Kier molecular flexibility index (Phi) is 4.71. The molecule has 2 rings (SSSR count). The minimum atomic E-state index is 0.612. The quantitative estimate of drug-likeness (QED) is 0.888. The van der Waals surface area contributed by atoms with Crippen LogP contribution in [0.5, 0.6) is 0 Å². The SMILES string of the molecule is CNc1cc(C)nc(CN(C)C2CCCN(C)C2)n1. The molecular weight excluding hydrogens is 238 g/mol. The monoisotopic (exact) mass is 263 g/mol. The van der Waals surface area contributed by atoms with E-state index in [4.69, 9.17) is 0 Å². The van der Waals surface area contributed by atoms with Crippen molar-refractivity contribution in [1.82, 2.24) is 19.8 Å². The van der Waals surface area contributed by atoms with Crippen molar-refractivity contribution in [2.75, 3.05) is 39.5 Å². The number of likely N-dealkylation sites (tertiary alicyclic amines) is 1. The standard InChI is InChI=1S/C14H25N5/c1-11-8-13(15-2)17-14(16-11)10-19(4)12-6-5-7-18(3)9-12/h8,12H,5-7,9-10H2,1-4H3,(H,15,16,17). The van der Waals surface area contributed by atoms with Crippen LogP contribution in [-0.4, -0.2) is 60.0 Å². The van der Waals surface area contributed by atoms with Crippen LogP contribution in [0.1, 0.15) is 24.4 Å². The zero-order valence-electron chi connectivity index (χ0n) is 12.5. The fourth-order valence-corrected chi connectivity index (χ4v) is 2.68. The first-order chi connectivity index (χ1) is 9.08. The van der Waals surface area contributed by atoms with E-state index in [1.54, 1.807) is 0 Å². The van der Waals surface area contributed by atoms with Crippen LogP contribution < -0.4 is 5.32 Å². The largest absolute Gasteiger partial charge is 0.373 e. The Morgan fingerprint density at radius 2 is 2.26 bits per heavy atom. The Labute approximate surface area is 116 Å². The highest BCUT2D eigenvalue weighted by molar-refractivity contribution is 5.34. The summed E-state index contributed by atoms with van der Waals surface area (Å²) in [5.41, 5.74) is 1.02. The molecule has 106 valence electrons. The predicted molar refractivity (Wildman–Crippen MR) is 78.3 cm³/mol. The molecule has 5 heteroatoms. The highest BCUT2D eigenvalue weighted by Gasteiger charge is 2.21. The number of aromatic nitrogens is 2. The van der Waals surface area contributed by atoms with E-state index in [-0.39, 0.29) is 0 Å². The molecule has 1 aromatic rings. The number of anilines is 1. The minimum absolute atomic E-state index is 0.612. The van der Waals surface area contributed by atoms with Crippen molar-refractivity contribution in [3.05, 3.63) is 17.6 Å². The van der Waals surface area contributed by atoms with Gasteiger partial charge in [-0.05, 0) is 40.4 Å². The van der Waals surface area contributed by atoms with Crippen molar-refractivity contribution in [2.24, 2.45) is 0 Å². The van der Waals surface area contributed by atoms with Crippen molar-refractivity contribution in [1.29, 1.82) is 0 Å². The van der Waals surface area contributed by atoms with Gasteiger partial charge in [-0.3, -0.25) is 4.90 Å². The summed E-state index contributed by atoms with van der Waals surface area (Å²) < 4.78 is 0. The second kappa shape index (κ2) is 6.30. The van der Waals surface area contributed by atoms with E-state index < -0.39 is 0 Å². The van der Waals surface area contributed by atoms with Gasteiger partial charge in [-0.25, -0.2) is 9.97 Å². The van der Waals surface area contributed by atoms with E-state index in [2.05, 4.69) is 39.2 Å². The molecule has 1 unspecified atom stereocenters. The molecule has 0 saturated carbocycles. The van der Waals surface area contributed by atoms with Crippen molar-refractivity contribution in [3.63, 3.8) is 0 Å². The molecule has 19 heavy (non-hydrogen) atoms. The molecule has 1 N–H and O–H groups in total. The number of aryl methyl sites for hydroxylation is 1. The maximum atomic E-state index is 4.53. The van der Waals surface area contributed by atoms with Crippen LogP contribution in [0.2, 0.25) is 0 Å². The summed E-state index contributed by atoms with van der Waals surface area (Å²) in [7, 11) is 6.27. The maximum Gasteiger partial charge on any atom is 0.144 e. The summed E-state index contributed by atoms with van der Waals surface area (Å²) in [5, 5.41) is 3.09. The normalized spacial score (nSPS) is 20.8. The summed E-state index contributed by atoms with van der Waals surface area (Å²) in [5.74, 6) is 1.80. The molecule has 2 heterocycles. The molecule has 1 fully saturated rings. The van der Waals surface area contributed by atoms with Gasteiger partial charge in [-0.2, -0.15) is 0 Å². The zero-order chi connectivity index (χ0) is 13.8.